The van der Waals surface area contributed by atoms with Crippen LogP contribution in [0.15, 0.2) is 48.5 Å². The third kappa shape index (κ3) is 4.32. The summed E-state index contributed by atoms with van der Waals surface area (Å²) < 4.78 is 10.4. The predicted octanol–water partition coefficient (Wildman–Crippen LogP) is 3.65. The quantitative estimate of drug-likeness (QED) is 0.806. The summed E-state index contributed by atoms with van der Waals surface area (Å²) in [5.74, 6) is 2.38. The molecular weight excluding hydrogens is 314 g/mol. The summed E-state index contributed by atoms with van der Waals surface area (Å²) in [5.41, 5.74) is 2.45. The fourth-order valence-electron chi connectivity index (χ4n) is 3.34. The highest BCUT2D eigenvalue weighted by atomic mass is 16.5. The molecule has 1 saturated heterocycles. The van der Waals surface area contributed by atoms with E-state index in [0.29, 0.717) is 12.3 Å². The molecule has 1 aliphatic rings. The van der Waals surface area contributed by atoms with Gasteiger partial charge in [-0.25, -0.2) is 0 Å². The molecule has 1 unspecified atom stereocenters. The van der Waals surface area contributed by atoms with Crippen LogP contribution in [0.2, 0.25) is 0 Å². The third-order valence-corrected chi connectivity index (χ3v) is 4.91. The van der Waals surface area contributed by atoms with Crippen molar-refractivity contribution >= 4 is 5.91 Å². The molecular formula is C21H25NO3. The molecule has 1 heterocycles. The Kier molecular flexibility index (Phi) is 5.59. The van der Waals surface area contributed by atoms with Gasteiger partial charge in [0.1, 0.15) is 11.5 Å². The smallest absolute Gasteiger partial charge is 0.222 e. The van der Waals surface area contributed by atoms with E-state index in [4.69, 9.17) is 9.47 Å². The van der Waals surface area contributed by atoms with Crippen molar-refractivity contribution in [3.63, 3.8) is 0 Å². The number of benzene rings is 2. The maximum Gasteiger partial charge on any atom is 0.222 e. The normalized spacial score (nSPS) is 16.7. The lowest BCUT2D eigenvalue weighted by Crippen LogP contribution is -2.28. The number of carbonyl (C=O) groups excluding carboxylic acids is 1. The second-order valence-electron chi connectivity index (χ2n) is 6.45. The lowest BCUT2D eigenvalue weighted by molar-refractivity contribution is -0.130. The number of likely N-dealkylation sites (tertiary alicyclic amines) is 1. The second kappa shape index (κ2) is 8.06. The van der Waals surface area contributed by atoms with E-state index in [-0.39, 0.29) is 5.91 Å². The number of carbonyl (C=O) groups is 1. The molecule has 0 spiro atoms. The number of amides is 1. The van der Waals surface area contributed by atoms with E-state index in [1.54, 1.807) is 14.2 Å². The third-order valence-electron chi connectivity index (χ3n) is 4.91. The monoisotopic (exact) mass is 339 g/mol. The van der Waals surface area contributed by atoms with Crippen molar-refractivity contribution in [1.82, 2.24) is 4.90 Å². The van der Waals surface area contributed by atoms with Crippen molar-refractivity contribution in [3.8, 4) is 11.5 Å². The minimum atomic E-state index is 0.242. The number of ether oxygens (including phenoxy) is 2. The number of nitrogens with zero attached hydrogens (tertiary/aromatic N) is 1. The highest BCUT2D eigenvalue weighted by Crippen LogP contribution is 2.29. The Balaban J connectivity index is 1.51. The largest absolute Gasteiger partial charge is 0.497 e. The van der Waals surface area contributed by atoms with E-state index in [1.165, 1.54) is 11.1 Å². The molecule has 0 aromatic heterocycles. The molecule has 1 fully saturated rings. The molecule has 0 N–H and O–H groups in total. The first-order valence-electron chi connectivity index (χ1n) is 8.74. The Morgan fingerprint density at radius 3 is 2.20 bits per heavy atom. The van der Waals surface area contributed by atoms with Crippen LogP contribution < -0.4 is 9.47 Å². The number of aryl methyl sites for hydroxylation is 1. The van der Waals surface area contributed by atoms with Crippen LogP contribution in [-0.4, -0.2) is 38.1 Å². The predicted molar refractivity (Wildman–Crippen MR) is 98.2 cm³/mol. The van der Waals surface area contributed by atoms with Crippen LogP contribution in [0.1, 0.15) is 29.9 Å². The van der Waals surface area contributed by atoms with Gasteiger partial charge in [-0.2, -0.15) is 0 Å². The Morgan fingerprint density at radius 2 is 1.60 bits per heavy atom. The molecule has 0 aliphatic carbocycles. The van der Waals surface area contributed by atoms with Crippen molar-refractivity contribution in [1.29, 1.82) is 0 Å². The molecule has 2 aromatic carbocycles. The zero-order chi connectivity index (χ0) is 17.6. The van der Waals surface area contributed by atoms with Crippen LogP contribution in [0.25, 0.3) is 0 Å². The summed E-state index contributed by atoms with van der Waals surface area (Å²) >= 11 is 0. The number of hydrogen-bond acceptors (Lipinski definition) is 3. The first-order valence-corrected chi connectivity index (χ1v) is 8.74. The summed E-state index contributed by atoms with van der Waals surface area (Å²) in [5, 5.41) is 0. The zero-order valence-corrected chi connectivity index (χ0v) is 14.9. The van der Waals surface area contributed by atoms with Gasteiger partial charge in [0, 0.05) is 25.4 Å². The van der Waals surface area contributed by atoms with Gasteiger partial charge in [-0.05, 0) is 48.2 Å². The summed E-state index contributed by atoms with van der Waals surface area (Å²) in [6.45, 7) is 1.66. The van der Waals surface area contributed by atoms with Gasteiger partial charge in [0.2, 0.25) is 5.91 Å². The first-order chi connectivity index (χ1) is 12.2. The van der Waals surface area contributed by atoms with Crippen molar-refractivity contribution in [3.05, 3.63) is 59.7 Å². The van der Waals surface area contributed by atoms with Gasteiger partial charge in [-0.15, -0.1) is 0 Å². The van der Waals surface area contributed by atoms with Crippen LogP contribution in [-0.2, 0) is 11.2 Å². The molecule has 2 aromatic rings. The Morgan fingerprint density at radius 1 is 1.00 bits per heavy atom. The van der Waals surface area contributed by atoms with E-state index in [0.717, 1.165) is 37.4 Å². The topological polar surface area (TPSA) is 38.8 Å². The van der Waals surface area contributed by atoms with Gasteiger partial charge in [-0.1, -0.05) is 24.3 Å². The van der Waals surface area contributed by atoms with Gasteiger partial charge in [0.25, 0.3) is 0 Å². The van der Waals surface area contributed by atoms with Gasteiger partial charge in [0.05, 0.1) is 14.2 Å². The minimum absolute atomic E-state index is 0.242. The van der Waals surface area contributed by atoms with Crippen LogP contribution in [0.4, 0.5) is 0 Å². The summed E-state index contributed by atoms with van der Waals surface area (Å²) in [6, 6.07) is 16.1. The fraction of sp³-hybridized carbons (Fsp3) is 0.381. The SMILES string of the molecule is COc1ccc(CCC(=O)N2CCC(c3ccc(OC)cc3)C2)cc1. The molecule has 3 rings (SSSR count). The average Bonchev–Trinajstić information content (AvgIpc) is 3.17. The molecule has 0 radical (unpaired) electrons. The van der Waals surface area contributed by atoms with Gasteiger partial charge in [-0.3, -0.25) is 4.79 Å². The molecule has 1 amide bonds. The van der Waals surface area contributed by atoms with E-state index < -0.39 is 0 Å². The van der Waals surface area contributed by atoms with Crippen molar-refractivity contribution < 1.29 is 14.3 Å². The number of methoxy groups -OCH3 is 2. The standard InChI is InChI=1S/C21H25NO3/c1-24-19-8-3-16(4-9-19)5-12-21(23)22-14-13-18(15-22)17-6-10-20(25-2)11-7-17/h3-4,6-11,18H,5,12-15H2,1-2H3. The maximum absolute atomic E-state index is 12.5. The van der Waals surface area contributed by atoms with Crippen molar-refractivity contribution in [2.45, 2.75) is 25.2 Å². The molecule has 0 bridgehead atoms. The van der Waals surface area contributed by atoms with Crippen LogP contribution in [0.5, 0.6) is 11.5 Å². The van der Waals surface area contributed by atoms with E-state index in [2.05, 4.69) is 12.1 Å². The van der Waals surface area contributed by atoms with E-state index in [1.807, 2.05) is 41.3 Å². The summed E-state index contributed by atoms with van der Waals surface area (Å²) in [7, 11) is 3.33. The highest BCUT2D eigenvalue weighted by Gasteiger charge is 2.26. The Labute approximate surface area is 149 Å². The molecule has 1 aliphatic heterocycles. The Hall–Kier alpha value is -2.49. The van der Waals surface area contributed by atoms with Gasteiger partial charge in [0.15, 0.2) is 0 Å². The average molecular weight is 339 g/mol. The number of rotatable bonds is 6. The van der Waals surface area contributed by atoms with Crippen molar-refractivity contribution in [2.24, 2.45) is 0 Å². The molecule has 4 nitrogen and oxygen atoms in total. The highest BCUT2D eigenvalue weighted by molar-refractivity contribution is 5.77. The second-order valence-corrected chi connectivity index (χ2v) is 6.45. The lowest BCUT2D eigenvalue weighted by Gasteiger charge is -2.17. The van der Waals surface area contributed by atoms with Crippen molar-refractivity contribution in [2.75, 3.05) is 27.3 Å². The maximum atomic E-state index is 12.5. The van der Waals surface area contributed by atoms with E-state index in [9.17, 15) is 4.79 Å². The van der Waals surface area contributed by atoms with Gasteiger partial charge >= 0.3 is 0 Å². The summed E-state index contributed by atoms with van der Waals surface area (Å²) in [6.07, 6.45) is 2.36. The van der Waals surface area contributed by atoms with Crippen LogP contribution in [0.3, 0.4) is 0 Å². The molecule has 1 atom stereocenters. The van der Waals surface area contributed by atoms with Crippen LogP contribution >= 0.6 is 0 Å². The first kappa shape index (κ1) is 17.3. The Bertz CT molecular complexity index is 694. The van der Waals surface area contributed by atoms with E-state index >= 15 is 0 Å². The van der Waals surface area contributed by atoms with Crippen LogP contribution in [0, 0.1) is 0 Å². The zero-order valence-electron chi connectivity index (χ0n) is 14.9. The number of hydrogen-bond donors (Lipinski definition) is 0. The lowest BCUT2D eigenvalue weighted by atomic mass is 9.98. The molecule has 0 saturated carbocycles. The molecule has 25 heavy (non-hydrogen) atoms. The fourth-order valence-corrected chi connectivity index (χ4v) is 3.34. The molecule has 132 valence electrons. The minimum Gasteiger partial charge on any atom is -0.497 e. The van der Waals surface area contributed by atoms with Gasteiger partial charge < -0.3 is 14.4 Å². The molecule has 4 heteroatoms. The summed E-state index contributed by atoms with van der Waals surface area (Å²) in [4.78, 5) is 14.5.